The number of hydrogen-bond donors (Lipinski definition) is 2. The van der Waals surface area contributed by atoms with Crippen LogP contribution in [-0.2, 0) is 14.3 Å². The van der Waals surface area contributed by atoms with Gasteiger partial charge in [0.25, 0.3) is 0 Å². The molecule has 0 aliphatic heterocycles. The van der Waals surface area contributed by atoms with Crippen LogP contribution in [0.4, 0.5) is 0 Å². The van der Waals surface area contributed by atoms with Crippen LogP contribution in [0.3, 0.4) is 0 Å². The summed E-state index contributed by atoms with van der Waals surface area (Å²) in [5, 5.41) is 2.90. The standard InChI is InChI=1S/C10H20N2O3/c1-5-7(10(14)15-4)12-8(6(2)3)9(11)13/h6-8,12H,5H2,1-4H3,(H2,11,13)/t7-,8+/m0/s1. The zero-order chi connectivity index (χ0) is 12.0. The normalized spacial score (nSPS) is 14.7. The van der Waals surface area contributed by atoms with Gasteiger partial charge in [0, 0.05) is 0 Å². The molecular formula is C10H20N2O3. The molecule has 5 nitrogen and oxygen atoms in total. The zero-order valence-electron chi connectivity index (χ0n) is 9.74. The van der Waals surface area contributed by atoms with Crippen molar-refractivity contribution in [1.82, 2.24) is 5.32 Å². The van der Waals surface area contributed by atoms with Crippen molar-refractivity contribution in [2.24, 2.45) is 11.7 Å². The van der Waals surface area contributed by atoms with Gasteiger partial charge >= 0.3 is 5.97 Å². The Hall–Kier alpha value is -1.10. The number of ether oxygens (including phenoxy) is 1. The van der Waals surface area contributed by atoms with Crippen LogP contribution in [0.1, 0.15) is 27.2 Å². The van der Waals surface area contributed by atoms with E-state index in [4.69, 9.17) is 5.73 Å². The van der Waals surface area contributed by atoms with Crippen LogP contribution < -0.4 is 11.1 Å². The molecule has 0 fully saturated rings. The topological polar surface area (TPSA) is 81.4 Å². The Balaban J connectivity index is 4.49. The lowest BCUT2D eigenvalue weighted by atomic mass is 10.0. The molecule has 0 aromatic rings. The molecule has 0 radical (unpaired) electrons. The quantitative estimate of drug-likeness (QED) is 0.614. The van der Waals surface area contributed by atoms with E-state index in [9.17, 15) is 9.59 Å². The van der Waals surface area contributed by atoms with E-state index in [1.54, 1.807) is 0 Å². The SMILES string of the molecule is CC[C@H](N[C@@H](C(N)=O)C(C)C)C(=O)OC. The summed E-state index contributed by atoms with van der Waals surface area (Å²) in [5.74, 6) is -0.780. The third-order valence-corrected chi connectivity index (χ3v) is 2.25. The molecule has 0 saturated heterocycles. The van der Waals surface area contributed by atoms with Crippen molar-refractivity contribution < 1.29 is 14.3 Å². The summed E-state index contributed by atoms with van der Waals surface area (Å²) in [6.07, 6.45) is 0.559. The molecule has 0 aliphatic rings. The molecular weight excluding hydrogens is 196 g/mol. The maximum atomic E-state index is 11.3. The summed E-state index contributed by atoms with van der Waals surface area (Å²) in [4.78, 5) is 22.4. The molecule has 0 aromatic heterocycles. The highest BCUT2D eigenvalue weighted by atomic mass is 16.5. The van der Waals surface area contributed by atoms with E-state index >= 15 is 0 Å². The van der Waals surface area contributed by atoms with E-state index in [0.29, 0.717) is 6.42 Å². The van der Waals surface area contributed by atoms with Crippen LogP contribution in [0.25, 0.3) is 0 Å². The van der Waals surface area contributed by atoms with E-state index in [1.165, 1.54) is 7.11 Å². The summed E-state index contributed by atoms with van der Waals surface area (Å²) in [6.45, 7) is 5.58. The largest absolute Gasteiger partial charge is 0.468 e. The van der Waals surface area contributed by atoms with Gasteiger partial charge in [0.15, 0.2) is 0 Å². The molecule has 0 bridgehead atoms. The van der Waals surface area contributed by atoms with Crippen molar-refractivity contribution in [3.8, 4) is 0 Å². The Labute approximate surface area is 90.4 Å². The number of nitrogens with one attached hydrogen (secondary N) is 1. The highest BCUT2D eigenvalue weighted by molar-refractivity contribution is 5.82. The molecule has 0 saturated carbocycles. The molecule has 3 N–H and O–H groups in total. The van der Waals surface area contributed by atoms with Crippen LogP contribution in [0.2, 0.25) is 0 Å². The number of carbonyl (C=O) groups excluding carboxylic acids is 2. The van der Waals surface area contributed by atoms with Gasteiger partial charge in [0.2, 0.25) is 5.91 Å². The molecule has 0 unspecified atom stereocenters. The molecule has 5 heteroatoms. The van der Waals surface area contributed by atoms with Crippen LogP contribution in [0.5, 0.6) is 0 Å². The van der Waals surface area contributed by atoms with Gasteiger partial charge < -0.3 is 10.5 Å². The first kappa shape index (κ1) is 13.9. The number of primary amides is 1. The highest BCUT2D eigenvalue weighted by Crippen LogP contribution is 2.04. The number of methoxy groups -OCH3 is 1. The maximum absolute atomic E-state index is 11.3. The molecule has 0 aliphatic carbocycles. The third kappa shape index (κ3) is 4.29. The van der Waals surface area contributed by atoms with E-state index in [-0.39, 0.29) is 11.9 Å². The van der Waals surface area contributed by atoms with Gasteiger partial charge in [0.1, 0.15) is 6.04 Å². The number of amides is 1. The van der Waals surface area contributed by atoms with Crippen LogP contribution in [0, 0.1) is 5.92 Å². The Morgan fingerprint density at radius 1 is 1.40 bits per heavy atom. The molecule has 0 spiro atoms. The number of hydrogen-bond acceptors (Lipinski definition) is 4. The molecule has 1 amide bonds. The number of nitrogens with two attached hydrogens (primary N) is 1. The third-order valence-electron chi connectivity index (χ3n) is 2.25. The average Bonchev–Trinajstić information content (AvgIpc) is 2.17. The molecule has 0 heterocycles. The van der Waals surface area contributed by atoms with Crippen molar-refractivity contribution in [2.45, 2.75) is 39.3 Å². The molecule has 2 atom stereocenters. The Bertz CT molecular complexity index is 229. The minimum Gasteiger partial charge on any atom is -0.468 e. The summed E-state index contributed by atoms with van der Waals surface area (Å²) in [7, 11) is 1.32. The van der Waals surface area contributed by atoms with Gasteiger partial charge in [-0.1, -0.05) is 20.8 Å². The van der Waals surface area contributed by atoms with Crippen LogP contribution >= 0.6 is 0 Å². The fourth-order valence-corrected chi connectivity index (χ4v) is 1.31. The fraction of sp³-hybridized carbons (Fsp3) is 0.800. The Kier molecular flexibility index (Phi) is 5.93. The van der Waals surface area contributed by atoms with Gasteiger partial charge in [-0.25, -0.2) is 0 Å². The lowest BCUT2D eigenvalue weighted by molar-refractivity contribution is -0.143. The maximum Gasteiger partial charge on any atom is 0.322 e. The fourth-order valence-electron chi connectivity index (χ4n) is 1.31. The van der Waals surface area contributed by atoms with E-state index in [0.717, 1.165) is 0 Å². The van der Waals surface area contributed by atoms with Crippen molar-refractivity contribution in [3.63, 3.8) is 0 Å². The lowest BCUT2D eigenvalue weighted by Gasteiger charge is -2.23. The Morgan fingerprint density at radius 3 is 2.20 bits per heavy atom. The second-order valence-electron chi connectivity index (χ2n) is 3.77. The van der Waals surface area contributed by atoms with Gasteiger partial charge in [-0.2, -0.15) is 0 Å². The highest BCUT2D eigenvalue weighted by Gasteiger charge is 2.26. The van der Waals surface area contributed by atoms with Crippen molar-refractivity contribution in [1.29, 1.82) is 0 Å². The minimum absolute atomic E-state index is 0.0428. The smallest absolute Gasteiger partial charge is 0.322 e. The first-order valence-corrected chi connectivity index (χ1v) is 5.07. The number of carbonyl (C=O) groups is 2. The molecule has 15 heavy (non-hydrogen) atoms. The van der Waals surface area contributed by atoms with Gasteiger partial charge in [0.05, 0.1) is 13.2 Å². The van der Waals surface area contributed by atoms with E-state index in [1.807, 2.05) is 20.8 Å². The summed E-state index contributed by atoms with van der Waals surface area (Å²) < 4.78 is 4.61. The average molecular weight is 216 g/mol. The van der Waals surface area contributed by atoms with E-state index < -0.39 is 18.0 Å². The van der Waals surface area contributed by atoms with E-state index in [2.05, 4.69) is 10.1 Å². The first-order chi connectivity index (χ1) is 6.93. The first-order valence-electron chi connectivity index (χ1n) is 5.07. The minimum atomic E-state index is -0.506. The van der Waals surface area contributed by atoms with Crippen LogP contribution in [0.15, 0.2) is 0 Å². The number of esters is 1. The van der Waals surface area contributed by atoms with Crippen LogP contribution in [-0.4, -0.2) is 31.1 Å². The second kappa shape index (κ2) is 6.40. The summed E-state index contributed by atoms with van der Waals surface area (Å²) in [5.41, 5.74) is 5.23. The Morgan fingerprint density at radius 2 is 1.93 bits per heavy atom. The lowest BCUT2D eigenvalue weighted by Crippen LogP contribution is -2.52. The predicted molar refractivity (Wildman–Crippen MR) is 57.1 cm³/mol. The molecule has 88 valence electrons. The van der Waals surface area contributed by atoms with Crippen molar-refractivity contribution >= 4 is 11.9 Å². The monoisotopic (exact) mass is 216 g/mol. The van der Waals surface area contributed by atoms with Gasteiger partial charge in [-0.05, 0) is 12.3 Å². The van der Waals surface area contributed by atoms with Gasteiger partial charge in [-0.15, -0.1) is 0 Å². The predicted octanol–water partition coefficient (Wildman–Crippen LogP) is 0.0375. The second-order valence-corrected chi connectivity index (χ2v) is 3.77. The molecule has 0 aromatic carbocycles. The van der Waals surface area contributed by atoms with Gasteiger partial charge in [-0.3, -0.25) is 14.9 Å². The van der Waals surface area contributed by atoms with Crippen molar-refractivity contribution in [2.75, 3.05) is 7.11 Å². The molecule has 0 rings (SSSR count). The number of rotatable bonds is 6. The summed E-state index contributed by atoms with van der Waals surface area (Å²) >= 11 is 0. The summed E-state index contributed by atoms with van der Waals surface area (Å²) in [6, 6.07) is -0.982. The zero-order valence-corrected chi connectivity index (χ0v) is 9.74. The van der Waals surface area contributed by atoms with Crippen molar-refractivity contribution in [3.05, 3.63) is 0 Å².